The van der Waals surface area contributed by atoms with Crippen LogP contribution in [0.25, 0.3) is 0 Å². The van der Waals surface area contributed by atoms with Crippen LogP contribution in [-0.4, -0.2) is 25.2 Å². The quantitative estimate of drug-likeness (QED) is 0.907. The highest BCUT2D eigenvalue weighted by Gasteiger charge is 2.36. The minimum atomic E-state index is -3.24. The average molecular weight is 274 g/mol. The van der Waals surface area contributed by atoms with Crippen LogP contribution in [0.1, 0.15) is 46.3 Å². The van der Waals surface area contributed by atoms with E-state index in [9.17, 15) is 8.42 Å². The van der Waals surface area contributed by atoms with E-state index in [0.29, 0.717) is 18.2 Å². The highest BCUT2D eigenvalue weighted by molar-refractivity contribution is 7.91. The molecule has 0 saturated carbocycles. The number of nitrogens with one attached hydrogen (secondary N) is 1. The molecule has 6 heteroatoms. The second-order valence-corrected chi connectivity index (χ2v) is 8.57. The van der Waals surface area contributed by atoms with Crippen molar-refractivity contribution in [3.8, 4) is 0 Å². The lowest BCUT2D eigenvalue weighted by Gasteiger charge is -2.20. The van der Waals surface area contributed by atoms with Crippen molar-refractivity contribution >= 4 is 9.84 Å². The summed E-state index contributed by atoms with van der Waals surface area (Å²) in [7, 11) is -3.24. The van der Waals surface area contributed by atoms with Gasteiger partial charge in [0.05, 0.1) is 12.7 Å². The Hall–Kier alpha value is -0.880. The number of aromatic nitrogens is 1. The molecule has 0 fully saturated rings. The van der Waals surface area contributed by atoms with Crippen molar-refractivity contribution in [2.75, 3.05) is 6.26 Å². The van der Waals surface area contributed by atoms with Crippen LogP contribution >= 0.6 is 0 Å². The van der Waals surface area contributed by atoms with E-state index in [2.05, 4.69) is 10.3 Å². The number of rotatable bonds is 4. The van der Waals surface area contributed by atoms with Gasteiger partial charge in [0.1, 0.15) is 10.5 Å². The van der Waals surface area contributed by atoms with Gasteiger partial charge >= 0.3 is 0 Å². The lowest BCUT2D eigenvalue weighted by molar-refractivity contribution is 0.360. The zero-order chi connectivity index (χ0) is 14.2. The summed E-state index contributed by atoms with van der Waals surface area (Å²) < 4.78 is 27.8. The van der Waals surface area contributed by atoms with Crippen molar-refractivity contribution in [1.29, 1.82) is 0 Å². The van der Waals surface area contributed by atoms with Crippen LogP contribution in [0.4, 0.5) is 0 Å². The number of sulfone groups is 1. The third-order valence-corrected chi connectivity index (χ3v) is 4.90. The lowest BCUT2D eigenvalue weighted by atomic mass is 10.1. The molecule has 18 heavy (non-hydrogen) atoms. The van der Waals surface area contributed by atoms with Gasteiger partial charge in [0.15, 0.2) is 9.84 Å². The van der Waals surface area contributed by atoms with Gasteiger partial charge < -0.3 is 9.73 Å². The first-order valence-corrected chi connectivity index (χ1v) is 7.72. The minimum Gasteiger partial charge on any atom is -0.443 e. The van der Waals surface area contributed by atoms with Crippen LogP contribution in [-0.2, 0) is 21.1 Å². The summed E-state index contributed by atoms with van der Waals surface area (Å²) in [4.78, 5) is 4.11. The van der Waals surface area contributed by atoms with E-state index < -0.39 is 14.6 Å². The fourth-order valence-corrected chi connectivity index (χ4v) is 1.65. The molecule has 0 amide bonds. The molecule has 1 N–H and O–H groups in total. The Kier molecular flexibility index (Phi) is 3.93. The molecule has 0 radical (unpaired) electrons. The average Bonchev–Trinajstić information content (AvgIpc) is 2.60. The Bertz CT molecular complexity index is 510. The van der Waals surface area contributed by atoms with Gasteiger partial charge in [-0.15, -0.1) is 0 Å². The first-order valence-electron chi connectivity index (χ1n) is 5.83. The maximum Gasteiger partial charge on any atom is 0.208 e. The summed E-state index contributed by atoms with van der Waals surface area (Å²) in [5.74, 6) is 0.868. The van der Waals surface area contributed by atoms with Gasteiger partial charge in [-0.05, 0) is 34.6 Å². The van der Waals surface area contributed by atoms with Gasteiger partial charge in [0, 0.05) is 11.8 Å². The molecule has 0 aliphatic heterocycles. The van der Waals surface area contributed by atoms with Crippen molar-refractivity contribution in [2.24, 2.45) is 0 Å². The molecular formula is C12H22N2O3S. The largest absolute Gasteiger partial charge is 0.443 e. The predicted octanol–water partition coefficient (Wildman–Crippen LogP) is 1.84. The Balaban J connectivity index is 2.88. The van der Waals surface area contributed by atoms with E-state index in [1.165, 1.54) is 12.5 Å². The molecule has 104 valence electrons. The van der Waals surface area contributed by atoms with Gasteiger partial charge in [0.25, 0.3) is 0 Å². The number of hydrogen-bond donors (Lipinski definition) is 1. The molecule has 5 nitrogen and oxygen atoms in total. The van der Waals surface area contributed by atoms with Crippen molar-refractivity contribution in [1.82, 2.24) is 10.3 Å². The fraction of sp³-hybridized carbons (Fsp3) is 0.750. The third-order valence-electron chi connectivity index (χ3n) is 2.84. The number of hydrogen-bond acceptors (Lipinski definition) is 5. The molecule has 0 unspecified atom stereocenters. The molecule has 0 spiro atoms. The van der Waals surface area contributed by atoms with Gasteiger partial charge in [-0.3, -0.25) is 0 Å². The highest BCUT2D eigenvalue weighted by Crippen LogP contribution is 2.29. The normalized spacial score (nSPS) is 13.9. The molecule has 1 aromatic heterocycles. The predicted molar refractivity (Wildman–Crippen MR) is 71.0 cm³/mol. The van der Waals surface area contributed by atoms with Crippen LogP contribution in [0.3, 0.4) is 0 Å². The molecule has 0 aromatic carbocycles. The third kappa shape index (κ3) is 3.55. The minimum absolute atomic E-state index is 0.0407. The molecule has 1 aromatic rings. The standard InChI is InChI=1S/C12H22N2O3S/c1-11(2,3)14-8-10-13-7-9(17-10)12(4,5)18(6,15)16/h7,14H,8H2,1-6H3. The summed E-state index contributed by atoms with van der Waals surface area (Å²) >= 11 is 0. The molecule has 0 atom stereocenters. The van der Waals surface area contributed by atoms with Crippen LogP contribution < -0.4 is 5.32 Å². The van der Waals surface area contributed by atoms with Crippen LogP contribution in [0.5, 0.6) is 0 Å². The maximum atomic E-state index is 11.7. The summed E-state index contributed by atoms with van der Waals surface area (Å²) in [6, 6.07) is 0. The Labute approximate surface area is 109 Å². The Morgan fingerprint density at radius 1 is 1.28 bits per heavy atom. The smallest absolute Gasteiger partial charge is 0.208 e. The van der Waals surface area contributed by atoms with Crippen molar-refractivity contribution < 1.29 is 12.8 Å². The SMILES string of the molecule is CC(C)(C)NCc1ncc(C(C)(C)S(C)(=O)=O)o1. The second kappa shape index (κ2) is 4.66. The molecular weight excluding hydrogens is 252 g/mol. The van der Waals surface area contributed by atoms with Gasteiger partial charge in [-0.25, -0.2) is 13.4 Å². The topological polar surface area (TPSA) is 72.2 Å². The zero-order valence-corrected chi connectivity index (χ0v) is 12.7. The van der Waals surface area contributed by atoms with E-state index >= 15 is 0 Å². The van der Waals surface area contributed by atoms with Gasteiger partial charge in [0.2, 0.25) is 5.89 Å². The van der Waals surface area contributed by atoms with E-state index in [0.717, 1.165) is 0 Å². The zero-order valence-electron chi connectivity index (χ0n) is 11.9. The summed E-state index contributed by atoms with van der Waals surface area (Å²) in [6.07, 6.45) is 2.68. The number of nitrogens with zero attached hydrogens (tertiary/aromatic N) is 1. The van der Waals surface area contributed by atoms with Crippen molar-refractivity contribution in [3.05, 3.63) is 17.8 Å². The first-order chi connectivity index (χ1) is 7.93. The van der Waals surface area contributed by atoms with Gasteiger partial charge in [-0.2, -0.15) is 0 Å². The van der Waals surface area contributed by atoms with Crippen LogP contribution in [0.2, 0.25) is 0 Å². The number of oxazole rings is 1. The van der Waals surface area contributed by atoms with Gasteiger partial charge in [-0.1, -0.05) is 0 Å². The summed E-state index contributed by atoms with van der Waals surface area (Å²) in [5, 5.41) is 3.24. The van der Waals surface area contributed by atoms with Crippen molar-refractivity contribution in [2.45, 2.75) is 51.4 Å². The van der Waals surface area contributed by atoms with Crippen LogP contribution in [0, 0.1) is 0 Å². The van der Waals surface area contributed by atoms with E-state index in [-0.39, 0.29) is 5.54 Å². The summed E-state index contributed by atoms with van der Waals surface area (Å²) in [6.45, 7) is 9.82. The maximum absolute atomic E-state index is 11.7. The Morgan fingerprint density at radius 2 is 1.83 bits per heavy atom. The summed E-state index contributed by atoms with van der Waals surface area (Å²) in [5.41, 5.74) is -0.0407. The molecule has 1 heterocycles. The van der Waals surface area contributed by atoms with Crippen LogP contribution in [0.15, 0.2) is 10.6 Å². The Morgan fingerprint density at radius 3 is 2.28 bits per heavy atom. The molecule has 0 bridgehead atoms. The molecule has 0 saturated heterocycles. The molecule has 0 aliphatic carbocycles. The van der Waals surface area contributed by atoms with E-state index in [1.807, 2.05) is 20.8 Å². The molecule has 1 rings (SSSR count). The monoisotopic (exact) mass is 274 g/mol. The van der Waals surface area contributed by atoms with Crippen molar-refractivity contribution in [3.63, 3.8) is 0 Å². The first kappa shape index (κ1) is 15.2. The fourth-order valence-electron chi connectivity index (χ4n) is 1.19. The highest BCUT2D eigenvalue weighted by atomic mass is 32.2. The van der Waals surface area contributed by atoms with E-state index in [4.69, 9.17) is 4.42 Å². The molecule has 0 aliphatic rings. The lowest BCUT2D eigenvalue weighted by Crippen LogP contribution is -2.35. The van der Waals surface area contributed by atoms with E-state index in [1.54, 1.807) is 13.8 Å². The second-order valence-electron chi connectivity index (χ2n) is 6.00.